The maximum atomic E-state index is 12.8. The highest BCUT2D eigenvalue weighted by Gasteiger charge is 2.26. The Morgan fingerprint density at radius 3 is 1.59 bits per heavy atom. The van der Waals surface area contributed by atoms with Crippen molar-refractivity contribution < 1.29 is 68.0 Å². The molecule has 2 rings (SSSR count). The van der Waals surface area contributed by atoms with Crippen LogP contribution < -0.4 is 20.2 Å². The lowest BCUT2D eigenvalue weighted by atomic mass is 9.89. The number of carboxylic acids is 5. The van der Waals surface area contributed by atoms with Gasteiger partial charge in [0.1, 0.15) is 0 Å². The lowest BCUT2D eigenvalue weighted by Crippen LogP contribution is -2.55. The zero-order chi connectivity index (χ0) is 35.7. The highest BCUT2D eigenvalue weighted by Crippen LogP contribution is 2.40. The van der Waals surface area contributed by atoms with Crippen LogP contribution in [0.5, 0.6) is 0 Å². The molecule has 0 spiro atoms. The first-order valence-electron chi connectivity index (χ1n) is 14.6. The second-order valence-electron chi connectivity index (χ2n) is 10.6. The second-order valence-corrected chi connectivity index (χ2v) is 12.1. The van der Waals surface area contributed by atoms with Gasteiger partial charge < -0.3 is 53.9 Å². The van der Waals surface area contributed by atoms with Crippen LogP contribution in [0.3, 0.4) is 0 Å². The third kappa shape index (κ3) is 17.7. The molecule has 0 saturated heterocycles. The van der Waals surface area contributed by atoms with Crippen LogP contribution in [0.25, 0.3) is 0 Å². The maximum absolute atomic E-state index is 12.8. The molecule has 0 fully saturated rings. The van der Waals surface area contributed by atoms with Gasteiger partial charge in [-0.2, -0.15) is 0 Å². The van der Waals surface area contributed by atoms with Crippen LogP contribution in [0, 0.1) is 0 Å². The zero-order valence-electron chi connectivity index (χ0n) is 25.8. The van der Waals surface area contributed by atoms with E-state index in [0.29, 0.717) is 0 Å². The van der Waals surface area contributed by atoms with Gasteiger partial charge in [-0.25, -0.2) is 0 Å². The van der Waals surface area contributed by atoms with Gasteiger partial charge in [-0.15, -0.1) is 0 Å². The number of phosphoric acid groups is 1. The van der Waals surface area contributed by atoms with Crippen molar-refractivity contribution in [2.45, 2.75) is 25.8 Å². The molecule has 0 radical (unpaired) electrons. The number of carboxylic acid groups (broad SMARTS) is 5. The fourth-order valence-corrected chi connectivity index (χ4v) is 5.67. The summed E-state index contributed by atoms with van der Waals surface area (Å²) >= 11 is 0. The van der Waals surface area contributed by atoms with E-state index in [9.17, 15) is 53.9 Å². The second kappa shape index (κ2) is 21.7. The summed E-state index contributed by atoms with van der Waals surface area (Å²) in [6.45, 7) is -6.79. The quantitative estimate of drug-likeness (QED) is 0.0975. The number of aliphatic carboxylic acids is 5. The lowest BCUT2D eigenvalue weighted by molar-refractivity contribution is -0.311. The highest BCUT2D eigenvalue weighted by molar-refractivity contribution is 7.45. The minimum atomic E-state index is -5.11. The molecule has 18 heteroatoms. The van der Waals surface area contributed by atoms with E-state index in [1.807, 2.05) is 60.7 Å². The van der Waals surface area contributed by atoms with E-state index in [2.05, 4.69) is 0 Å². The van der Waals surface area contributed by atoms with Gasteiger partial charge in [0.15, 0.2) is 0 Å². The van der Waals surface area contributed by atoms with Gasteiger partial charge >= 0.3 is 11.9 Å². The normalized spacial score (nSPS) is 13.2. The molecule has 0 aliphatic carbocycles. The molecule has 2 atom stereocenters. The number of benzene rings is 2. The summed E-state index contributed by atoms with van der Waals surface area (Å²) in [5, 5.41) is 52.4. The molecule has 272 valence electrons. The summed E-state index contributed by atoms with van der Waals surface area (Å²) in [6.07, 6.45) is 0.208. The predicted octanol–water partition coefficient (Wildman–Crippen LogP) is -2.96. The lowest BCUT2D eigenvalue weighted by Gasteiger charge is -2.37. The van der Waals surface area contributed by atoms with Crippen molar-refractivity contribution in [2.75, 3.05) is 65.6 Å². The van der Waals surface area contributed by atoms with E-state index >= 15 is 0 Å². The Labute approximate surface area is 283 Å². The Balaban J connectivity index is 0.0000120. The fraction of sp³-hybridized carbons (Fsp3) is 0.452. The molecule has 49 heavy (non-hydrogen) atoms. The number of carbonyl (C=O) groups excluding carboxylic acids is 3. The molecule has 0 saturated carbocycles. The molecular formula is C31H40N3O14P-4. The number of hydrogen-bond acceptors (Lipinski definition) is 15. The highest BCUT2D eigenvalue weighted by atomic mass is 31.2. The van der Waals surface area contributed by atoms with Crippen molar-refractivity contribution >= 4 is 37.7 Å². The average Bonchev–Trinajstić information content (AvgIpc) is 2.99. The first-order chi connectivity index (χ1) is 22.6. The van der Waals surface area contributed by atoms with Gasteiger partial charge in [0.2, 0.25) is 0 Å². The van der Waals surface area contributed by atoms with Crippen LogP contribution in [0.1, 0.15) is 30.9 Å². The number of nitrogens with zero attached hydrogens (tertiary/aromatic N) is 3. The molecule has 2 aromatic rings. The summed E-state index contributed by atoms with van der Waals surface area (Å²) in [5.41, 5.74) is 1.79. The van der Waals surface area contributed by atoms with E-state index in [-0.39, 0.29) is 39.5 Å². The summed E-state index contributed by atoms with van der Waals surface area (Å²) < 4.78 is 22.9. The number of hydrogen-bond donors (Lipinski definition) is 2. The van der Waals surface area contributed by atoms with Gasteiger partial charge in [0.25, 0.3) is 7.82 Å². The topological polar surface area (TPSA) is 263 Å². The van der Waals surface area contributed by atoms with Crippen molar-refractivity contribution in [3.63, 3.8) is 0 Å². The summed E-state index contributed by atoms with van der Waals surface area (Å²) in [7, 11) is -5.11. The van der Waals surface area contributed by atoms with Crippen LogP contribution in [-0.2, 0) is 37.6 Å². The minimum absolute atomic E-state index is 0. The predicted molar refractivity (Wildman–Crippen MR) is 164 cm³/mol. The molecule has 0 amide bonds. The Morgan fingerprint density at radius 2 is 1.14 bits per heavy atom. The van der Waals surface area contributed by atoms with Crippen molar-refractivity contribution in [2.24, 2.45) is 0 Å². The van der Waals surface area contributed by atoms with Gasteiger partial charge in [0, 0.05) is 51.2 Å². The Morgan fingerprint density at radius 1 is 0.694 bits per heavy atom. The first kappa shape index (κ1) is 42.8. The summed E-state index contributed by atoms with van der Waals surface area (Å²) in [6, 6.07) is 17.1. The molecule has 2 unspecified atom stereocenters. The smallest absolute Gasteiger partial charge is 0.317 e. The molecule has 0 aliphatic heterocycles. The Kier molecular flexibility index (Phi) is 18.9. The summed E-state index contributed by atoms with van der Waals surface area (Å²) in [4.78, 5) is 72.2. The van der Waals surface area contributed by atoms with Crippen LogP contribution in [0.4, 0.5) is 0 Å². The monoisotopic (exact) mass is 709 g/mol. The Hall–Kier alpha value is -4.22. The van der Waals surface area contributed by atoms with Crippen LogP contribution in [-0.4, -0.2) is 126 Å². The Bertz CT molecular complexity index is 1330. The summed E-state index contributed by atoms with van der Waals surface area (Å²) in [5.74, 6) is -8.14. The van der Waals surface area contributed by atoms with Gasteiger partial charge in [0.05, 0.1) is 44.2 Å². The van der Waals surface area contributed by atoms with Gasteiger partial charge in [-0.1, -0.05) is 68.1 Å². The average molecular weight is 710 g/mol. The number of phosphoric ester groups is 1. The van der Waals surface area contributed by atoms with Crippen molar-refractivity contribution in [3.8, 4) is 0 Å². The molecular weight excluding hydrogens is 669 g/mol. The maximum Gasteiger partial charge on any atom is 0.317 e. The molecule has 0 aromatic heterocycles. The molecule has 0 bridgehead atoms. The first-order valence-corrected chi connectivity index (χ1v) is 16.0. The van der Waals surface area contributed by atoms with E-state index in [0.717, 1.165) is 25.8 Å². The zero-order valence-corrected chi connectivity index (χ0v) is 26.7. The van der Waals surface area contributed by atoms with Crippen molar-refractivity contribution in [1.29, 1.82) is 0 Å². The molecule has 0 aliphatic rings. The van der Waals surface area contributed by atoms with E-state index in [1.54, 1.807) is 0 Å². The molecule has 0 heterocycles. The third-order valence-electron chi connectivity index (χ3n) is 6.94. The van der Waals surface area contributed by atoms with Gasteiger partial charge in [-0.05, 0) is 17.5 Å². The van der Waals surface area contributed by atoms with Crippen LogP contribution in [0.2, 0.25) is 0 Å². The van der Waals surface area contributed by atoms with E-state index in [4.69, 9.17) is 14.2 Å². The van der Waals surface area contributed by atoms with Crippen LogP contribution in [0.15, 0.2) is 60.7 Å². The molecule has 2 N–H and O–H groups in total. The van der Waals surface area contributed by atoms with E-state index < -0.39 is 89.6 Å². The molecule has 2 aromatic carbocycles. The SMILES string of the molecule is C.O=C([O-])CN(CCN(CC(=O)O)CC(COP(=O)([O-])OCCC(c1ccccc1)c1ccccc1)N(CC(=O)[O-])CC(=O)[O-])CC(=O)O. The van der Waals surface area contributed by atoms with E-state index in [1.165, 1.54) is 0 Å². The molecule has 17 nitrogen and oxygen atoms in total. The number of carbonyl (C=O) groups is 5. The van der Waals surface area contributed by atoms with Crippen molar-refractivity contribution in [1.82, 2.24) is 14.7 Å². The fourth-order valence-electron chi connectivity index (χ4n) is 4.91. The van der Waals surface area contributed by atoms with Gasteiger partial charge in [-0.3, -0.25) is 28.9 Å². The van der Waals surface area contributed by atoms with Crippen LogP contribution >= 0.6 is 7.82 Å². The third-order valence-corrected chi connectivity index (χ3v) is 7.90. The standard InChI is InChI=1S/C30H40N3O14P.CH4/c34-26(35)16-31(12-13-32(17-27(36)37)18-28(38)39)15-24(33(19-29(40)41)20-30(42)43)21-47-48(44,45)46-14-11-25(22-7-3-1-4-8-22)23-9-5-2-6-10-23;/h1-10,24-25H,11-21H2,(H,34,35)(H,36,37)(H,38,39)(H,40,41)(H,42,43)(H,44,45);1H4/p-4. The minimum Gasteiger partial charge on any atom is -0.756 e. The van der Waals surface area contributed by atoms with Crippen molar-refractivity contribution in [3.05, 3.63) is 71.8 Å². The number of rotatable bonds is 25. The largest absolute Gasteiger partial charge is 0.756 e.